The van der Waals surface area contributed by atoms with Gasteiger partial charge in [-0.05, 0) is 12.8 Å². The Bertz CT molecular complexity index is 67.4. The normalized spacial score (nSPS) is 9.46. The van der Waals surface area contributed by atoms with E-state index in [9.17, 15) is 0 Å². The number of aliphatic hydroxyl groups excluding tert-OH is 1. The van der Waals surface area contributed by atoms with Crippen LogP contribution in [0.2, 0.25) is 0 Å². The van der Waals surface area contributed by atoms with E-state index in [1.165, 1.54) is 19.3 Å². The van der Waals surface area contributed by atoms with Crippen molar-refractivity contribution in [1.29, 1.82) is 0 Å². The van der Waals surface area contributed by atoms with Crippen molar-refractivity contribution in [2.45, 2.75) is 52.1 Å². The van der Waals surface area contributed by atoms with E-state index in [2.05, 4.69) is 6.92 Å². The third-order valence-corrected chi connectivity index (χ3v) is 1.61. The summed E-state index contributed by atoms with van der Waals surface area (Å²) in [5, 5.41) is 9.08. The summed E-state index contributed by atoms with van der Waals surface area (Å²) in [5.74, 6) is 0. The fourth-order valence-electron chi connectivity index (χ4n) is 0.834. The van der Waals surface area contributed by atoms with Gasteiger partial charge in [0.05, 0.1) is 6.10 Å². The van der Waals surface area contributed by atoms with Crippen LogP contribution in [0, 0.1) is 0 Å². The maximum absolute atomic E-state index is 9.08. The monoisotopic (exact) mass is 286 g/mol. The molecule has 84 valence electrons. The molecule has 0 saturated carbocycles. The molecule has 0 aliphatic heterocycles. The average Bonchev–Trinajstić information content (AvgIpc) is 1.89. The Morgan fingerprint density at radius 1 is 1.00 bits per heavy atom. The number of aliphatic hydroxyl groups is 1. The molecule has 0 amide bonds. The summed E-state index contributed by atoms with van der Waals surface area (Å²) in [7, 11) is 0. The van der Waals surface area contributed by atoms with Crippen LogP contribution in [0.1, 0.15) is 46.0 Å². The third-order valence-electron chi connectivity index (χ3n) is 1.61. The van der Waals surface area contributed by atoms with Gasteiger partial charge in [-0.1, -0.05) is 33.1 Å². The van der Waals surface area contributed by atoms with E-state index in [-0.39, 0.29) is 65.0 Å². The summed E-state index contributed by atoms with van der Waals surface area (Å²) in [5.41, 5.74) is 0. The minimum atomic E-state index is -0.0449. The van der Waals surface area contributed by atoms with Crippen molar-refractivity contribution < 1.29 is 26.8 Å². The van der Waals surface area contributed by atoms with Gasteiger partial charge in [-0.15, -0.1) is 37.2 Å². The van der Waals surface area contributed by atoms with Crippen LogP contribution >= 0.6 is 37.2 Å². The van der Waals surface area contributed by atoms with Crippen LogP contribution in [0.4, 0.5) is 0 Å². The largest absolute Gasteiger partial charge is 0.393 e. The van der Waals surface area contributed by atoms with E-state index in [1.807, 2.05) is 6.92 Å². The van der Waals surface area contributed by atoms with Crippen molar-refractivity contribution in [3.8, 4) is 0 Å². The summed E-state index contributed by atoms with van der Waals surface area (Å²) in [6, 6.07) is 0. The first-order chi connectivity index (χ1) is 4.31. The zero-order chi connectivity index (χ0) is 7.11. The van der Waals surface area contributed by atoms with Gasteiger partial charge in [0.25, 0.3) is 0 Å². The Balaban J connectivity index is -0.0000000533. The molecule has 13 heavy (non-hydrogen) atoms. The van der Waals surface area contributed by atoms with E-state index >= 15 is 0 Å². The third kappa shape index (κ3) is 24.7. The second-order valence-corrected chi connectivity index (χ2v) is 2.56. The molecule has 0 aromatic rings. The molecular formula is C8H21Cl3OTi. The molecular weight excluding hydrogens is 266 g/mol. The molecule has 1 N–H and O–H groups in total. The SMILES string of the molecule is CCCCCC(O)CC.Cl.Cl.Cl.[Ti]. The molecule has 0 heterocycles. The molecule has 1 unspecified atom stereocenters. The summed E-state index contributed by atoms with van der Waals surface area (Å²) in [6.45, 7) is 4.20. The van der Waals surface area contributed by atoms with Crippen LogP contribution in [-0.2, 0) is 21.7 Å². The first-order valence-corrected chi connectivity index (χ1v) is 3.99. The fraction of sp³-hybridized carbons (Fsp3) is 1.00. The number of hydrogen-bond acceptors (Lipinski definition) is 1. The van der Waals surface area contributed by atoms with Gasteiger partial charge >= 0.3 is 0 Å². The van der Waals surface area contributed by atoms with E-state index < -0.39 is 0 Å². The first-order valence-electron chi connectivity index (χ1n) is 3.99. The van der Waals surface area contributed by atoms with E-state index in [0.717, 1.165) is 12.8 Å². The van der Waals surface area contributed by atoms with Gasteiger partial charge in [0.2, 0.25) is 0 Å². The minimum Gasteiger partial charge on any atom is -0.393 e. The van der Waals surface area contributed by atoms with Gasteiger partial charge in [-0.25, -0.2) is 0 Å². The number of unbranched alkanes of at least 4 members (excludes halogenated alkanes) is 2. The van der Waals surface area contributed by atoms with E-state index in [1.54, 1.807) is 0 Å². The molecule has 0 radical (unpaired) electrons. The van der Waals surface area contributed by atoms with Gasteiger partial charge in [0.15, 0.2) is 0 Å². The van der Waals surface area contributed by atoms with Gasteiger partial charge in [-0.2, -0.15) is 0 Å². The van der Waals surface area contributed by atoms with Crippen LogP contribution in [0.25, 0.3) is 0 Å². The van der Waals surface area contributed by atoms with E-state index in [4.69, 9.17) is 5.11 Å². The topological polar surface area (TPSA) is 20.2 Å². The second kappa shape index (κ2) is 23.4. The molecule has 1 atom stereocenters. The maximum Gasteiger partial charge on any atom is 0.0537 e. The molecule has 0 aromatic carbocycles. The van der Waals surface area contributed by atoms with Crippen LogP contribution in [-0.4, -0.2) is 11.2 Å². The Morgan fingerprint density at radius 3 is 1.77 bits per heavy atom. The Morgan fingerprint density at radius 2 is 1.46 bits per heavy atom. The molecule has 5 heteroatoms. The Hall–Kier alpha value is 1.54. The van der Waals surface area contributed by atoms with Crippen molar-refractivity contribution in [2.75, 3.05) is 0 Å². The summed E-state index contributed by atoms with van der Waals surface area (Å²) in [4.78, 5) is 0. The van der Waals surface area contributed by atoms with Crippen molar-refractivity contribution in [1.82, 2.24) is 0 Å². The smallest absolute Gasteiger partial charge is 0.0537 e. The molecule has 1 nitrogen and oxygen atoms in total. The zero-order valence-corrected chi connectivity index (χ0v) is 12.3. The maximum atomic E-state index is 9.08. The van der Waals surface area contributed by atoms with Crippen LogP contribution in [0.5, 0.6) is 0 Å². The van der Waals surface area contributed by atoms with Crippen molar-refractivity contribution in [2.24, 2.45) is 0 Å². The van der Waals surface area contributed by atoms with Crippen molar-refractivity contribution in [3.63, 3.8) is 0 Å². The van der Waals surface area contributed by atoms with Crippen LogP contribution in [0.15, 0.2) is 0 Å². The molecule has 0 saturated heterocycles. The quantitative estimate of drug-likeness (QED) is 0.605. The van der Waals surface area contributed by atoms with Gasteiger partial charge in [0, 0.05) is 21.7 Å². The molecule has 0 aliphatic rings. The van der Waals surface area contributed by atoms with Crippen LogP contribution in [0.3, 0.4) is 0 Å². The summed E-state index contributed by atoms with van der Waals surface area (Å²) < 4.78 is 0. The molecule has 0 aliphatic carbocycles. The fourth-order valence-corrected chi connectivity index (χ4v) is 0.834. The van der Waals surface area contributed by atoms with Gasteiger partial charge in [-0.3, -0.25) is 0 Å². The molecule has 0 aromatic heterocycles. The predicted octanol–water partition coefficient (Wildman–Crippen LogP) is 3.60. The Labute approximate surface area is 116 Å². The number of halogens is 3. The molecule has 0 bridgehead atoms. The van der Waals surface area contributed by atoms with E-state index in [0.29, 0.717) is 0 Å². The minimum absolute atomic E-state index is 0. The Kier molecular flexibility index (Phi) is 52.7. The summed E-state index contributed by atoms with van der Waals surface area (Å²) in [6.07, 6.45) is 5.55. The van der Waals surface area contributed by atoms with Crippen molar-refractivity contribution >= 4 is 37.2 Å². The van der Waals surface area contributed by atoms with Gasteiger partial charge in [0.1, 0.15) is 0 Å². The molecule has 0 spiro atoms. The standard InChI is InChI=1S/C8H18O.3ClH.Ti/c1-3-5-6-7-8(9)4-2;;;;/h8-9H,3-7H2,1-2H3;3*1H;. The van der Waals surface area contributed by atoms with Gasteiger partial charge < -0.3 is 5.11 Å². The summed E-state index contributed by atoms with van der Waals surface area (Å²) >= 11 is 0. The van der Waals surface area contributed by atoms with Crippen LogP contribution < -0.4 is 0 Å². The number of rotatable bonds is 5. The zero-order valence-electron chi connectivity index (χ0n) is 8.28. The second-order valence-electron chi connectivity index (χ2n) is 2.56. The first kappa shape index (κ1) is 29.3. The molecule has 0 rings (SSSR count). The van der Waals surface area contributed by atoms with Crippen molar-refractivity contribution in [3.05, 3.63) is 0 Å². The predicted molar refractivity (Wildman–Crippen MR) is 62.2 cm³/mol. The number of hydrogen-bond donors (Lipinski definition) is 1. The molecule has 0 fully saturated rings. The average molecular weight is 287 g/mol.